The number of carbonyl (C=O) groups excluding carboxylic acids is 2. The molecule has 204 valence electrons. The van der Waals surface area contributed by atoms with Crippen LogP contribution in [0.5, 0.6) is 11.5 Å². The fraction of sp³-hybridized carbons (Fsp3) is 0.333. The zero-order valence-corrected chi connectivity index (χ0v) is 22.1. The first-order valence-electron chi connectivity index (χ1n) is 13.0. The Hall–Kier alpha value is -4.08. The van der Waals surface area contributed by atoms with Crippen molar-refractivity contribution in [3.8, 4) is 11.5 Å². The molecule has 1 atom stereocenters. The largest absolute Gasteiger partial charge is 0.503 e. The van der Waals surface area contributed by atoms with Gasteiger partial charge in [-0.1, -0.05) is 36.4 Å². The van der Waals surface area contributed by atoms with Gasteiger partial charge in [0.15, 0.2) is 23.0 Å². The van der Waals surface area contributed by atoms with Gasteiger partial charge in [0.1, 0.15) is 12.4 Å². The van der Waals surface area contributed by atoms with Crippen molar-refractivity contribution >= 4 is 11.7 Å². The van der Waals surface area contributed by atoms with Crippen LogP contribution >= 0.6 is 0 Å². The van der Waals surface area contributed by atoms with Crippen LogP contribution in [0.3, 0.4) is 0 Å². The van der Waals surface area contributed by atoms with Gasteiger partial charge in [-0.15, -0.1) is 0 Å². The van der Waals surface area contributed by atoms with Crippen molar-refractivity contribution in [1.82, 2.24) is 9.80 Å². The molecule has 0 spiro atoms. The number of aliphatic hydroxyl groups excluding tert-OH is 1. The molecule has 9 heteroatoms. The van der Waals surface area contributed by atoms with Gasteiger partial charge in [0.25, 0.3) is 5.91 Å². The molecule has 39 heavy (non-hydrogen) atoms. The van der Waals surface area contributed by atoms with Crippen LogP contribution in [-0.4, -0.2) is 73.1 Å². The summed E-state index contributed by atoms with van der Waals surface area (Å²) in [5.74, 6) is -0.0846. The molecule has 1 unspecified atom stereocenters. The molecule has 2 aromatic carbocycles. The molecule has 3 heterocycles. The Labute approximate surface area is 227 Å². The number of aryl methyl sites for hydroxylation is 1. The number of hydrogen-bond acceptors (Lipinski definition) is 8. The number of aliphatic hydroxyl groups is 1. The number of benzene rings is 2. The van der Waals surface area contributed by atoms with Gasteiger partial charge >= 0.3 is 0 Å². The van der Waals surface area contributed by atoms with E-state index in [1.807, 2.05) is 30.3 Å². The topological polar surface area (TPSA) is 102 Å². The van der Waals surface area contributed by atoms with Crippen LogP contribution in [0.2, 0.25) is 0 Å². The lowest BCUT2D eigenvalue weighted by molar-refractivity contribution is -0.129. The molecule has 0 bridgehead atoms. The Morgan fingerprint density at radius 3 is 2.49 bits per heavy atom. The third-order valence-electron chi connectivity index (χ3n) is 7.01. The molecule has 1 saturated heterocycles. The summed E-state index contributed by atoms with van der Waals surface area (Å²) < 4.78 is 22.6. The summed E-state index contributed by atoms with van der Waals surface area (Å²) in [6, 6.07) is 17.5. The van der Waals surface area contributed by atoms with E-state index < -0.39 is 23.5 Å². The number of amides is 1. The number of methoxy groups -OCH3 is 1. The smallest absolute Gasteiger partial charge is 0.290 e. The number of ether oxygens (including phenoxy) is 3. The average Bonchev–Trinajstić information content (AvgIpc) is 3.52. The standard InChI is InChI=1S/C30H32N2O7/c1-20-8-10-24(39-20)28(33)26-27(32(30(35)29(26)34)13-12-31-14-16-37-17-15-31)22-9-11-23(25(18-22)36-2)38-19-21-6-4-3-5-7-21/h3-11,18,27,34H,12-17,19H2,1-2H3. The SMILES string of the molecule is COc1cc(C2C(C(=O)c3ccc(C)o3)=C(O)C(=O)N2CCN2CCOCC2)ccc1OCc1ccccc1. The van der Waals surface area contributed by atoms with Crippen LogP contribution in [0.4, 0.5) is 0 Å². The first-order valence-corrected chi connectivity index (χ1v) is 13.0. The maximum absolute atomic E-state index is 13.6. The Balaban J connectivity index is 1.46. The van der Waals surface area contributed by atoms with Gasteiger partial charge in [-0.25, -0.2) is 0 Å². The van der Waals surface area contributed by atoms with Crippen LogP contribution in [-0.2, 0) is 16.1 Å². The second kappa shape index (κ2) is 11.8. The van der Waals surface area contributed by atoms with Crippen molar-refractivity contribution < 1.29 is 33.3 Å². The summed E-state index contributed by atoms with van der Waals surface area (Å²) >= 11 is 0. The summed E-state index contributed by atoms with van der Waals surface area (Å²) in [6.45, 7) is 5.75. The summed E-state index contributed by atoms with van der Waals surface area (Å²) in [4.78, 5) is 30.6. The van der Waals surface area contributed by atoms with E-state index in [9.17, 15) is 14.7 Å². The highest BCUT2D eigenvalue weighted by molar-refractivity contribution is 6.15. The van der Waals surface area contributed by atoms with Gasteiger partial charge in [0.05, 0.1) is 31.9 Å². The highest BCUT2D eigenvalue weighted by Crippen LogP contribution is 2.42. The van der Waals surface area contributed by atoms with Gasteiger partial charge in [-0.05, 0) is 42.3 Å². The van der Waals surface area contributed by atoms with Crippen LogP contribution in [0.25, 0.3) is 0 Å². The van der Waals surface area contributed by atoms with Crippen molar-refractivity contribution in [3.05, 3.63) is 94.6 Å². The maximum Gasteiger partial charge on any atom is 0.290 e. The highest BCUT2D eigenvalue weighted by Gasteiger charge is 2.44. The third kappa shape index (κ3) is 5.69. The Bertz CT molecular complexity index is 1360. The van der Waals surface area contributed by atoms with E-state index in [4.69, 9.17) is 18.6 Å². The molecule has 0 radical (unpaired) electrons. The molecule has 3 aromatic rings. The monoisotopic (exact) mass is 532 g/mol. The van der Waals surface area contributed by atoms with Crippen LogP contribution in [0.15, 0.2) is 76.4 Å². The number of rotatable bonds is 10. The number of nitrogens with zero attached hydrogens (tertiary/aromatic N) is 2. The lowest BCUT2D eigenvalue weighted by Gasteiger charge is -2.31. The lowest BCUT2D eigenvalue weighted by Crippen LogP contribution is -2.43. The number of furan rings is 1. The Morgan fingerprint density at radius 2 is 1.79 bits per heavy atom. The fourth-order valence-electron chi connectivity index (χ4n) is 4.93. The molecule has 1 amide bonds. The Kier molecular flexibility index (Phi) is 7.99. The number of Topliss-reactive ketones (excluding diaryl/α,β-unsaturated/α-hetero) is 1. The molecule has 1 aromatic heterocycles. The van der Waals surface area contributed by atoms with E-state index in [1.165, 1.54) is 12.0 Å². The summed E-state index contributed by atoms with van der Waals surface area (Å²) in [6.07, 6.45) is 0. The van der Waals surface area contributed by atoms with E-state index in [-0.39, 0.29) is 11.3 Å². The number of morpholine rings is 1. The van der Waals surface area contributed by atoms with Gasteiger partial charge in [0, 0.05) is 26.2 Å². The van der Waals surface area contributed by atoms with Crippen LogP contribution < -0.4 is 9.47 Å². The van der Waals surface area contributed by atoms with Crippen molar-refractivity contribution in [2.24, 2.45) is 0 Å². The number of hydrogen-bond donors (Lipinski definition) is 1. The summed E-state index contributed by atoms with van der Waals surface area (Å²) in [7, 11) is 1.54. The molecular weight excluding hydrogens is 500 g/mol. The lowest BCUT2D eigenvalue weighted by atomic mass is 9.94. The normalized spacial score (nSPS) is 18.1. The van der Waals surface area contributed by atoms with E-state index in [2.05, 4.69) is 4.90 Å². The molecule has 1 N–H and O–H groups in total. The molecule has 0 aliphatic carbocycles. The first-order chi connectivity index (χ1) is 19.0. The predicted octanol–water partition coefficient (Wildman–Crippen LogP) is 4.09. The van der Waals surface area contributed by atoms with E-state index in [1.54, 1.807) is 37.3 Å². The second-order valence-electron chi connectivity index (χ2n) is 9.54. The van der Waals surface area contributed by atoms with Crippen molar-refractivity contribution in [2.45, 2.75) is 19.6 Å². The van der Waals surface area contributed by atoms with Gasteiger partial charge in [0.2, 0.25) is 5.78 Å². The molecule has 5 rings (SSSR count). The number of ketones is 1. The third-order valence-corrected chi connectivity index (χ3v) is 7.01. The minimum Gasteiger partial charge on any atom is -0.503 e. The molecule has 2 aliphatic rings. The molecule has 0 saturated carbocycles. The quantitative estimate of drug-likeness (QED) is 0.390. The van der Waals surface area contributed by atoms with E-state index in [0.29, 0.717) is 55.7 Å². The van der Waals surface area contributed by atoms with Crippen molar-refractivity contribution in [3.63, 3.8) is 0 Å². The average molecular weight is 533 g/mol. The minimum atomic E-state index is -0.825. The van der Waals surface area contributed by atoms with Gasteiger partial charge in [-0.2, -0.15) is 0 Å². The maximum atomic E-state index is 13.6. The first kappa shape index (κ1) is 26.5. The summed E-state index contributed by atoms with van der Waals surface area (Å²) in [5.41, 5.74) is 1.61. The van der Waals surface area contributed by atoms with Gasteiger partial charge < -0.3 is 28.6 Å². The van der Waals surface area contributed by atoms with Crippen molar-refractivity contribution in [1.29, 1.82) is 0 Å². The molecule has 2 aliphatic heterocycles. The summed E-state index contributed by atoms with van der Waals surface area (Å²) in [5, 5.41) is 11.0. The second-order valence-corrected chi connectivity index (χ2v) is 9.54. The van der Waals surface area contributed by atoms with Crippen LogP contribution in [0.1, 0.15) is 33.5 Å². The highest BCUT2D eigenvalue weighted by atomic mass is 16.5. The Morgan fingerprint density at radius 1 is 1.03 bits per heavy atom. The number of carbonyl (C=O) groups is 2. The molecule has 1 fully saturated rings. The molecule has 9 nitrogen and oxygen atoms in total. The minimum absolute atomic E-state index is 0.0173. The fourth-order valence-corrected chi connectivity index (χ4v) is 4.93. The van der Waals surface area contributed by atoms with E-state index in [0.717, 1.165) is 18.7 Å². The molecular formula is C30H32N2O7. The predicted molar refractivity (Wildman–Crippen MR) is 143 cm³/mol. The zero-order valence-electron chi connectivity index (χ0n) is 22.1. The van der Waals surface area contributed by atoms with E-state index >= 15 is 0 Å². The van der Waals surface area contributed by atoms with Crippen molar-refractivity contribution in [2.75, 3.05) is 46.5 Å². The van der Waals surface area contributed by atoms with Gasteiger partial charge in [-0.3, -0.25) is 14.5 Å². The van der Waals surface area contributed by atoms with Crippen LogP contribution in [0, 0.1) is 6.92 Å². The zero-order chi connectivity index (χ0) is 27.4.